The highest BCUT2D eigenvalue weighted by Crippen LogP contribution is 2.25. The Morgan fingerprint density at radius 1 is 1.10 bits per heavy atom. The van der Waals surface area contributed by atoms with E-state index >= 15 is 0 Å². The van der Waals surface area contributed by atoms with E-state index in [2.05, 4.69) is 24.9 Å². The average Bonchev–Trinajstić information content (AvgIpc) is 2.43. The zero-order chi connectivity index (χ0) is 14.7. The van der Waals surface area contributed by atoms with Crippen molar-refractivity contribution in [1.82, 2.24) is 9.80 Å². The summed E-state index contributed by atoms with van der Waals surface area (Å²) in [6, 6.07) is 4.12. The first-order valence-corrected chi connectivity index (χ1v) is 7.15. The van der Waals surface area contributed by atoms with E-state index in [9.17, 15) is 4.79 Å². The number of likely N-dealkylation sites (N-methyl/N-ethyl adjacent to an activating group) is 1. The summed E-state index contributed by atoms with van der Waals surface area (Å²) in [6.07, 6.45) is 0. The molecular weight excluding hydrogens is 252 g/mol. The zero-order valence-electron chi connectivity index (χ0n) is 12.9. The van der Waals surface area contributed by atoms with Crippen molar-refractivity contribution in [2.24, 2.45) is 0 Å². The van der Waals surface area contributed by atoms with Crippen LogP contribution >= 0.6 is 0 Å². The van der Waals surface area contributed by atoms with Gasteiger partial charge in [0.05, 0.1) is 0 Å². The molecule has 1 saturated heterocycles. The molecule has 0 bridgehead atoms. The van der Waals surface area contributed by atoms with Crippen molar-refractivity contribution in [1.29, 1.82) is 0 Å². The van der Waals surface area contributed by atoms with Crippen molar-refractivity contribution in [3.63, 3.8) is 0 Å². The number of piperazine rings is 1. The molecule has 1 aliphatic rings. The molecule has 0 saturated carbocycles. The van der Waals surface area contributed by atoms with Crippen LogP contribution < -0.4 is 4.74 Å². The van der Waals surface area contributed by atoms with Gasteiger partial charge in [-0.2, -0.15) is 0 Å². The van der Waals surface area contributed by atoms with Crippen LogP contribution in [0.3, 0.4) is 0 Å². The van der Waals surface area contributed by atoms with Crippen LogP contribution in [0.15, 0.2) is 12.1 Å². The summed E-state index contributed by atoms with van der Waals surface area (Å²) < 4.78 is 5.79. The standard InChI is InChI=1S/C16H24N2O2/c1-12-5-6-13(2)16(14(12)3)20-11-15(19)18-9-7-17(4)8-10-18/h5-6H,7-11H2,1-4H3. The third kappa shape index (κ3) is 3.31. The molecule has 1 heterocycles. The van der Waals surface area contributed by atoms with Gasteiger partial charge in [-0.3, -0.25) is 4.79 Å². The smallest absolute Gasteiger partial charge is 0.260 e. The summed E-state index contributed by atoms with van der Waals surface area (Å²) >= 11 is 0. The highest BCUT2D eigenvalue weighted by Gasteiger charge is 2.19. The lowest BCUT2D eigenvalue weighted by atomic mass is 10.1. The molecule has 4 nitrogen and oxygen atoms in total. The third-order valence-corrected chi connectivity index (χ3v) is 4.07. The van der Waals surface area contributed by atoms with E-state index in [4.69, 9.17) is 4.74 Å². The van der Waals surface area contributed by atoms with E-state index in [-0.39, 0.29) is 12.5 Å². The van der Waals surface area contributed by atoms with Crippen molar-refractivity contribution in [3.8, 4) is 5.75 Å². The molecule has 1 aromatic carbocycles. The van der Waals surface area contributed by atoms with E-state index in [1.807, 2.05) is 24.8 Å². The fraction of sp³-hybridized carbons (Fsp3) is 0.562. The van der Waals surface area contributed by atoms with E-state index in [0.717, 1.165) is 43.1 Å². The predicted molar refractivity (Wildman–Crippen MR) is 80.2 cm³/mol. The molecule has 1 aromatic rings. The molecule has 0 aliphatic carbocycles. The molecule has 4 heteroatoms. The normalized spacial score (nSPS) is 16.3. The van der Waals surface area contributed by atoms with E-state index in [1.54, 1.807) is 0 Å². The van der Waals surface area contributed by atoms with Gasteiger partial charge in [-0.15, -0.1) is 0 Å². The van der Waals surface area contributed by atoms with Gasteiger partial charge < -0.3 is 14.5 Å². The fourth-order valence-electron chi connectivity index (χ4n) is 2.43. The molecule has 0 aromatic heterocycles. The van der Waals surface area contributed by atoms with Crippen molar-refractivity contribution in [3.05, 3.63) is 28.8 Å². The van der Waals surface area contributed by atoms with Crippen LogP contribution in [0.25, 0.3) is 0 Å². The Morgan fingerprint density at radius 2 is 1.70 bits per heavy atom. The second kappa shape index (κ2) is 6.27. The molecule has 110 valence electrons. The lowest BCUT2D eigenvalue weighted by Crippen LogP contribution is -2.48. The Bertz CT molecular complexity index is 491. The topological polar surface area (TPSA) is 32.8 Å². The largest absolute Gasteiger partial charge is 0.483 e. The molecule has 0 N–H and O–H groups in total. The van der Waals surface area contributed by atoms with Crippen LogP contribution in [-0.2, 0) is 4.79 Å². The van der Waals surface area contributed by atoms with Gasteiger partial charge >= 0.3 is 0 Å². The monoisotopic (exact) mass is 276 g/mol. The third-order valence-electron chi connectivity index (χ3n) is 4.07. The van der Waals surface area contributed by atoms with Crippen LogP contribution in [0.5, 0.6) is 5.75 Å². The molecule has 0 radical (unpaired) electrons. The minimum Gasteiger partial charge on any atom is -0.483 e. The molecule has 1 fully saturated rings. The quantitative estimate of drug-likeness (QED) is 0.843. The number of hydrogen-bond donors (Lipinski definition) is 0. The van der Waals surface area contributed by atoms with Crippen LogP contribution in [-0.4, -0.2) is 55.5 Å². The van der Waals surface area contributed by atoms with Gasteiger partial charge in [0.15, 0.2) is 6.61 Å². The molecule has 2 rings (SSSR count). The summed E-state index contributed by atoms with van der Waals surface area (Å²) in [5, 5.41) is 0. The van der Waals surface area contributed by atoms with Crippen molar-refractivity contribution in [2.75, 3.05) is 39.8 Å². The second-order valence-electron chi connectivity index (χ2n) is 5.63. The lowest BCUT2D eigenvalue weighted by molar-refractivity contribution is -0.134. The maximum Gasteiger partial charge on any atom is 0.260 e. The van der Waals surface area contributed by atoms with Gasteiger partial charge in [-0.25, -0.2) is 0 Å². The molecule has 0 unspecified atom stereocenters. The molecule has 1 aliphatic heterocycles. The number of hydrogen-bond acceptors (Lipinski definition) is 3. The number of aryl methyl sites for hydroxylation is 2. The van der Waals surface area contributed by atoms with Gasteiger partial charge in [0, 0.05) is 26.2 Å². The molecule has 1 amide bonds. The van der Waals surface area contributed by atoms with Gasteiger partial charge in [0.1, 0.15) is 5.75 Å². The molecule has 0 atom stereocenters. The Kier molecular flexibility index (Phi) is 4.65. The molecule has 0 spiro atoms. The summed E-state index contributed by atoms with van der Waals surface area (Å²) in [7, 11) is 2.08. The van der Waals surface area contributed by atoms with Crippen LogP contribution in [0.4, 0.5) is 0 Å². The zero-order valence-corrected chi connectivity index (χ0v) is 12.9. The Hall–Kier alpha value is -1.55. The van der Waals surface area contributed by atoms with Crippen molar-refractivity contribution in [2.45, 2.75) is 20.8 Å². The Balaban J connectivity index is 1.95. The summed E-state index contributed by atoms with van der Waals surface area (Å²) in [4.78, 5) is 16.3. The van der Waals surface area contributed by atoms with Gasteiger partial charge in [-0.1, -0.05) is 12.1 Å². The van der Waals surface area contributed by atoms with Gasteiger partial charge in [0.25, 0.3) is 5.91 Å². The Morgan fingerprint density at radius 3 is 2.35 bits per heavy atom. The second-order valence-corrected chi connectivity index (χ2v) is 5.63. The minimum absolute atomic E-state index is 0.0819. The van der Waals surface area contributed by atoms with Crippen LogP contribution in [0, 0.1) is 20.8 Å². The number of carbonyl (C=O) groups is 1. The SMILES string of the molecule is Cc1ccc(C)c(OCC(=O)N2CCN(C)CC2)c1C. The number of ether oxygens (including phenoxy) is 1. The van der Waals surface area contributed by atoms with Crippen molar-refractivity contribution >= 4 is 5.91 Å². The van der Waals surface area contributed by atoms with Crippen molar-refractivity contribution < 1.29 is 9.53 Å². The highest BCUT2D eigenvalue weighted by molar-refractivity contribution is 5.78. The number of nitrogens with zero attached hydrogens (tertiary/aromatic N) is 2. The van der Waals surface area contributed by atoms with Crippen LogP contribution in [0.2, 0.25) is 0 Å². The number of rotatable bonds is 3. The first-order chi connectivity index (χ1) is 9.49. The minimum atomic E-state index is 0.0819. The maximum atomic E-state index is 12.2. The molecular formula is C16H24N2O2. The molecule has 20 heavy (non-hydrogen) atoms. The first kappa shape index (κ1) is 14.9. The Labute approximate surface area is 121 Å². The number of amides is 1. The van der Waals surface area contributed by atoms with Gasteiger partial charge in [0.2, 0.25) is 0 Å². The fourth-order valence-corrected chi connectivity index (χ4v) is 2.43. The number of benzene rings is 1. The summed E-state index contributed by atoms with van der Waals surface area (Å²) in [5.74, 6) is 0.936. The maximum absolute atomic E-state index is 12.2. The summed E-state index contributed by atoms with van der Waals surface area (Å²) in [5.41, 5.74) is 3.40. The first-order valence-electron chi connectivity index (χ1n) is 7.15. The van der Waals surface area contributed by atoms with Crippen LogP contribution in [0.1, 0.15) is 16.7 Å². The van der Waals surface area contributed by atoms with E-state index in [1.165, 1.54) is 5.56 Å². The number of carbonyl (C=O) groups excluding carboxylic acids is 1. The summed E-state index contributed by atoms with van der Waals surface area (Å²) in [6.45, 7) is 9.72. The van der Waals surface area contributed by atoms with Gasteiger partial charge in [-0.05, 0) is 44.5 Å². The van der Waals surface area contributed by atoms with E-state index < -0.39 is 0 Å². The lowest BCUT2D eigenvalue weighted by Gasteiger charge is -2.32. The highest BCUT2D eigenvalue weighted by atomic mass is 16.5. The average molecular weight is 276 g/mol. The van der Waals surface area contributed by atoms with E-state index in [0.29, 0.717) is 0 Å². The predicted octanol–water partition coefficient (Wildman–Crippen LogP) is 1.76.